The molecule has 7 heteroatoms. The fraction of sp³-hybridized carbons (Fsp3) is 0.455. The van der Waals surface area contributed by atoms with E-state index >= 15 is 0 Å². The summed E-state index contributed by atoms with van der Waals surface area (Å²) in [6.07, 6.45) is 1.86. The van der Waals surface area contributed by atoms with Gasteiger partial charge in [-0.25, -0.2) is 4.39 Å². The smallest absolute Gasteiger partial charge is 0.123 e. The van der Waals surface area contributed by atoms with Gasteiger partial charge in [0.2, 0.25) is 0 Å². The van der Waals surface area contributed by atoms with Crippen molar-refractivity contribution < 1.29 is 13.9 Å². The second-order valence-corrected chi connectivity index (χ2v) is 7.27. The summed E-state index contributed by atoms with van der Waals surface area (Å²) in [5.74, 6) is 0.745. The first-order valence-corrected chi connectivity index (χ1v) is 9.74. The van der Waals surface area contributed by atoms with E-state index in [-0.39, 0.29) is 36.7 Å². The normalized spacial score (nSPS) is 19.0. The van der Waals surface area contributed by atoms with Crippen molar-refractivity contribution >= 4 is 30.5 Å². The van der Waals surface area contributed by atoms with Gasteiger partial charge in [0.1, 0.15) is 11.6 Å². The number of benzene rings is 2. The molecule has 1 saturated heterocycles. The molecule has 0 spiro atoms. The maximum Gasteiger partial charge on any atom is 0.123 e. The Morgan fingerprint density at radius 1 is 1.03 bits per heavy atom. The lowest BCUT2D eigenvalue weighted by Crippen LogP contribution is -2.46. The first-order chi connectivity index (χ1) is 13.2. The summed E-state index contributed by atoms with van der Waals surface area (Å²) in [5, 5.41) is 0. The summed E-state index contributed by atoms with van der Waals surface area (Å²) in [4.78, 5) is 4.92. The maximum absolute atomic E-state index is 13.5. The fourth-order valence-corrected chi connectivity index (χ4v) is 4.07. The van der Waals surface area contributed by atoms with Gasteiger partial charge in [-0.3, -0.25) is 4.90 Å². The predicted octanol–water partition coefficient (Wildman–Crippen LogP) is 4.50. The van der Waals surface area contributed by atoms with Gasteiger partial charge < -0.3 is 14.4 Å². The van der Waals surface area contributed by atoms with Crippen molar-refractivity contribution in [3.63, 3.8) is 0 Å². The van der Waals surface area contributed by atoms with Gasteiger partial charge in [-0.15, -0.1) is 24.8 Å². The molecule has 1 unspecified atom stereocenters. The quantitative estimate of drug-likeness (QED) is 0.680. The molecule has 160 valence electrons. The molecule has 4 rings (SSSR count). The first kappa shape index (κ1) is 23.7. The van der Waals surface area contributed by atoms with E-state index in [4.69, 9.17) is 9.47 Å². The molecular formula is C22H29Cl2FN2O2. The number of hydrogen-bond donors (Lipinski definition) is 0. The van der Waals surface area contributed by atoms with Crippen LogP contribution in [0.25, 0.3) is 0 Å². The minimum Gasteiger partial charge on any atom is -0.497 e. The monoisotopic (exact) mass is 442 g/mol. The van der Waals surface area contributed by atoms with E-state index in [1.807, 2.05) is 18.2 Å². The molecule has 0 saturated carbocycles. The molecule has 2 heterocycles. The van der Waals surface area contributed by atoms with Gasteiger partial charge in [0.15, 0.2) is 0 Å². The van der Waals surface area contributed by atoms with Crippen LogP contribution in [0.2, 0.25) is 0 Å². The molecule has 0 amide bonds. The zero-order chi connectivity index (χ0) is 18.6. The van der Waals surface area contributed by atoms with Crippen LogP contribution in [0, 0.1) is 5.82 Å². The van der Waals surface area contributed by atoms with E-state index < -0.39 is 0 Å². The zero-order valence-corrected chi connectivity index (χ0v) is 18.3. The first-order valence-electron chi connectivity index (χ1n) is 9.74. The molecule has 0 N–H and O–H groups in total. The van der Waals surface area contributed by atoms with Gasteiger partial charge in [-0.05, 0) is 60.4 Å². The molecule has 1 atom stereocenters. The minimum atomic E-state index is -0.149. The van der Waals surface area contributed by atoms with E-state index in [9.17, 15) is 4.39 Å². The van der Waals surface area contributed by atoms with Gasteiger partial charge in [0.25, 0.3) is 0 Å². The Morgan fingerprint density at radius 2 is 1.76 bits per heavy atom. The molecular weight excluding hydrogens is 414 g/mol. The highest BCUT2D eigenvalue weighted by Gasteiger charge is 2.23. The molecule has 0 aromatic heterocycles. The van der Waals surface area contributed by atoms with Crippen molar-refractivity contribution in [2.45, 2.75) is 18.9 Å². The van der Waals surface area contributed by atoms with Crippen molar-refractivity contribution in [1.29, 1.82) is 0 Å². The summed E-state index contributed by atoms with van der Waals surface area (Å²) in [6, 6.07) is 13.4. The Hall–Kier alpha value is -1.53. The second-order valence-electron chi connectivity index (χ2n) is 7.27. The van der Waals surface area contributed by atoms with Crippen LogP contribution in [0.1, 0.15) is 23.7 Å². The van der Waals surface area contributed by atoms with Gasteiger partial charge in [0.05, 0.1) is 19.8 Å². The Morgan fingerprint density at radius 3 is 2.45 bits per heavy atom. The SMILES string of the molecule is COc1ccc(N2CCN(CCC3OCCc4cc(F)ccc43)CC2)cc1.Cl.Cl. The molecule has 29 heavy (non-hydrogen) atoms. The van der Waals surface area contributed by atoms with E-state index in [0.717, 1.165) is 56.9 Å². The number of nitrogens with zero attached hydrogens (tertiary/aromatic N) is 2. The average molecular weight is 443 g/mol. The van der Waals surface area contributed by atoms with Crippen molar-refractivity contribution in [3.8, 4) is 5.75 Å². The fourth-order valence-electron chi connectivity index (χ4n) is 4.07. The molecule has 2 aromatic rings. The van der Waals surface area contributed by atoms with Crippen LogP contribution in [0.5, 0.6) is 5.75 Å². The van der Waals surface area contributed by atoms with Crippen LogP contribution >= 0.6 is 24.8 Å². The number of anilines is 1. The van der Waals surface area contributed by atoms with Crippen molar-refractivity contribution in [2.75, 3.05) is 51.3 Å². The molecule has 0 radical (unpaired) electrons. The number of hydrogen-bond acceptors (Lipinski definition) is 4. The lowest BCUT2D eigenvalue weighted by molar-refractivity contribution is 0.0288. The van der Waals surface area contributed by atoms with E-state index in [2.05, 4.69) is 21.9 Å². The topological polar surface area (TPSA) is 24.9 Å². The highest BCUT2D eigenvalue weighted by atomic mass is 35.5. The average Bonchev–Trinajstić information content (AvgIpc) is 2.72. The number of rotatable bonds is 5. The Kier molecular flexibility index (Phi) is 9.03. The van der Waals surface area contributed by atoms with Gasteiger partial charge in [-0.1, -0.05) is 6.07 Å². The van der Waals surface area contributed by atoms with Gasteiger partial charge in [-0.2, -0.15) is 0 Å². The van der Waals surface area contributed by atoms with E-state index in [0.29, 0.717) is 6.61 Å². The number of fused-ring (bicyclic) bond motifs is 1. The minimum absolute atomic E-state index is 0. The number of piperazine rings is 1. The van der Waals surface area contributed by atoms with Crippen LogP contribution in [0.15, 0.2) is 42.5 Å². The molecule has 2 aromatic carbocycles. The lowest BCUT2D eigenvalue weighted by Gasteiger charge is -2.37. The summed E-state index contributed by atoms with van der Waals surface area (Å²) in [6.45, 7) is 5.85. The highest BCUT2D eigenvalue weighted by molar-refractivity contribution is 5.85. The van der Waals surface area contributed by atoms with Crippen molar-refractivity contribution in [3.05, 3.63) is 59.4 Å². The standard InChI is InChI=1S/C22H27FN2O2.2ClH/c1-26-20-5-3-19(4-6-20)25-13-11-24(12-14-25)10-8-22-21-7-2-18(23)16-17(21)9-15-27-22;;/h2-7,16,22H,8-15H2,1H3;2*1H. The predicted molar refractivity (Wildman–Crippen MR) is 120 cm³/mol. The van der Waals surface area contributed by atoms with Crippen LogP contribution in [-0.4, -0.2) is 51.3 Å². The largest absolute Gasteiger partial charge is 0.497 e. The molecule has 0 aliphatic carbocycles. The van der Waals surface area contributed by atoms with Crippen molar-refractivity contribution in [1.82, 2.24) is 4.90 Å². The summed E-state index contributed by atoms with van der Waals surface area (Å²) < 4.78 is 24.7. The lowest BCUT2D eigenvalue weighted by atomic mass is 9.95. The van der Waals surface area contributed by atoms with E-state index in [1.54, 1.807) is 19.2 Å². The van der Waals surface area contributed by atoms with Gasteiger partial charge in [0, 0.05) is 38.4 Å². The van der Waals surface area contributed by atoms with Crippen LogP contribution < -0.4 is 9.64 Å². The molecule has 0 bridgehead atoms. The molecule has 4 nitrogen and oxygen atoms in total. The third kappa shape index (κ3) is 5.76. The number of ether oxygens (including phenoxy) is 2. The van der Waals surface area contributed by atoms with Crippen molar-refractivity contribution in [2.24, 2.45) is 0 Å². The van der Waals surface area contributed by atoms with Crippen LogP contribution in [-0.2, 0) is 11.2 Å². The Balaban J connectivity index is 0.00000150. The zero-order valence-electron chi connectivity index (χ0n) is 16.7. The third-order valence-corrected chi connectivity index (χ3v) is 5.66. The summed E-state index contributed by atoms with van der Waals surface area (Å²) in [7, 11) is 1.69. The molecule has 1 fully saturated rings. The van der Waals surface area contributed by atoms with Crippen LogP contribution in [0.3, 0.4) is 0 Å². The summed E-state index contributed by atoms with van der Waals surface area (Å²) in [5.41, 5.74) is 3.53. The van der Waals surface area contributed by atoms with Gasteiger partial charge >= 0.3 is 0 Å². The Labute approximate surface area is 184 Å². The highest BCUT2D eigenvalue weighted by Crippen LogP contribution is 2.30. The summed E-state index contributed by atoms with van der Waals surface area (Å²) >= 11 is 0. The second kappa shape index (κ2) is 11.0. The van der Waals surface area contributed by atoms with Crippen LogP contribution in [0.4, 0.5) is 10.1 Å². The molecule has 2 aliphatic rings. The number of methoxy groups -OCH3 is 1. The molecule has 2 aliphatic heterocycles. The number of halogens is 3. The maximum atomic E-state index is 13.5. The third-order valence-electron chi connectivity index (χ3n) is 5.66. The van der Waals surface area contributed by atoms with E-state index in [1.165, 1.54) is 11.3 Å². The Bertz CT molecular complexity index is 768.